The third-order valence-electron chi connectivity index (χ3n) is 3.20. The number of aryl methyl sites for hydroxylation is 1. The van der Waals surface area contributed by atoms with Gasteiger partial charge in [0, 0.05) is 16.2 Å². The minimum Gasteiger partial charge on any atom is -0.491 e. The maximum atomic E-state index is 12.3. The van der Waals surface area contributed by atoms with E-state index in [1.807, 2.05) is 55.5 Å². The number of carbonyl (C=O) groups excluding carboxylic acids is 1. The van der Waals surface area contributed by atoms with E-state index in [1.165, 1.54) is 0 Å². The summed E-state index contributed by atoms with van der Waals surface area (Å²) in [6, 6.07) is 15.5. The van der Waals surface area contributed by atoms with Gasteiger partial charge in [-0.2, -0.15) is 0 Å². The summed E-state index contributed by atoms with van der Waals surface area (Å²) in [6.45, 7) is 3.05. The summed E-state index contributed by atoms with van der Waals surface area (Å²) in [4.78, 5) is 14.0. The first-order chi connectivity index (χ1) is 10.1. The van der Waals surface area contributed by atoms with Gasteiger partial charge < -0.3 is 9.64 Å². The lowest BCUT2D eigenvalue weighted by Gasteiger charge is -2.18. The standard InChI is InChI=1S/C17H18INO2/c1-13-6-3-4-9-16(13)21-11-10-19(2)17(20)14-7-5-8-15(18)12-14/h3-9,12H,10-11H2,1-2H3. The molecule has 0 radical (unpaired) electrons. The second kappa shape index (κ2) is 7.45. The molecule has 2 aromatic rings. The Balaban J connectivity index is 1.89. The van der Waals surface area contributed by atoms with Gasteiger partial charge >= 0.3 is 0 Å². The molecule has 0 aromatic heterocycles. The lowest BCUT2D eigenvalue weighted by Crippen LogP contribution is -2.30. The van der Waals surface area contributed by atoms with E-state index < -0.39 is 0 Å². The summed E-state index contributed by atoms with van der Waals surface area (Å²) in [5.41, 5.74) is 1.81. The second-order valence-electron chi connectivity index (χ2n) is 4.85. The predicted molar refractivity (Wildman–Crippen MR) is 92.8 cm³/mol. The van der Waals surface area contributed by atoms with Crippen LogP contribution >= 0.6 is 22.6 Å². The lowest BCUT2D eigenvalue weighted by atomic mass is 10.2. The Labute approximate surface area is 139 Å². The van der Waals surface area contributed by atoms with Gasteiger partial charge in [-0.15, -0.1) is 0 Å². The summed E-state index contributed by atoms with van der Waals surface area (Å²) in [6.07, 6.45) is 0. The number of benzene rings is 2. The van der Waals surface area contributed by atoms with E-state index in [2.05, 4.69) is 22.6 Å². The molecule has 2 aromatic carbocycles. The van der Waals surface area contributed by atoms with Crippen molar-refractivity contribution in [2.45, 2.75) is 6.92 Å². The number of rotatable bonds is 5. The molecule has 0 aliphatic rings. The van der Waals surface area contributed by atoms with Crippen LogP contribution < -0.4 is 4.74 Å². The molecule has 1 amide bonds. The van der Waals surface area contributed by atoms with Crippen molar-refractivity contribution in [1.82, 2.24) is 4.90 Å². The normalized spacial score (nSPS) is 10.2. The first-order valence-electron chi connectivity index (χ1n) is 6.77. The molecule has 2 rings (SSSR count). The number of amides is 1. The van der Waals surface area contributed by atoms with Gasteiger partial charge in [-0.3, -0.25) is 4.79 Å². The second-order valence-corrected chi connectivity index (χ2v) is 6.10. The van der Waals surface area contributed by atoms with E-state index in [0.29, 0.717) is 18.7 Å². The molecule has 4 heteroatoms. The number of likely N-dealkylation sites (N-methyl/N-ethyl adjacent to an activating group) is 1. The molecule has 0 aliphatic heterocycles. The molecule has 3 nitrogen and oxygen atoms in total. The largest absolute Gasteiger partial charge is 0.491 e. The molecule has 0 unspecified atom stereocenters. The Hall–Kier alpha value is -1.56. The highest BCUT2D eigenvalue weighted by Crippen LogP contribution is 2.16. The smallest absolute Gasteiger partial charge is 0.253 e. The van der Waals surface area contributed by atoms with Crippen molar-refractivity contribution >= 4 is 28.5 Å². The fourth-order valence-corrected chi connectivity index (χ4v) is 2.50. The van der Waals surface area contributed by atoms with Crippen LogP contribution in [0.2, 0.25) is 0 Å². The Bertz CT molecular complexity index is 628. The zero-order valence-corrected chi connectivity index (χ0v) is 14.3. The zero-order chi connectivity index (χ0) is 15.2. The summed E-state index contributed by atoms with van der Waals surface area (Å²) in [5.74, 6) is 0.884. The SMILES string of the molecule is Cc1ccccc1OCCN(C)C(=O)c1cccc(I)c1. The third kappa shape index (κ3) is 4.46. The van der Waals surface area contributed by atoms with Gasteiger partial charge in [-0.25, -0.2) is 0 Å². The minimum atomic E-state index is 0.0156. The van der Waals surface area contributed by atoms with E-state index in [-0.39, 0.29) is 5.91 Å². The highest BCUT2D eigenvalue weighted by atomic mass is 127. The van der Waals surface area contributed by atoms with Crippen LogP contribution in [-0.4, -0.2) is 31.0 Å². The van der Waals surface area contributed by atoms with Crippen LogP contribution in [0.15, 0.2) is 48.5 Å². The Kier molecular flexibility index (Phi) is 5.61. The molecule has 0 atom stereocenters. The molecule has 0 saturated carbocycles. The Morgan fingerprint density at radius 3 is 2.67 bits per heavy atom. The van der Waals surface area contributed by atoms with Crippen molar-refractivity contribution in [3.63, 3.8) is 0 Å². The number of ether oxygens (including phenoxy) is 1. The highest BCUT2D eigenvalue weighted by Gasteiger charge is 2.11. The van der Waals surface area contributed by atoms with E-state index >= 15 is 0 Å². The van der Waals surface area contributed by atoms with E-state index in [9.17, 15) is 4.79 Å². The quantitative estimate of drug-likeness (QED) is 0.722. The summed E-state index contributed by atoms with van der Waals surface area (Å²) < 4.78 is 6.78. The van der Waals surface area contributed by atoms with Gasteiger partial charge in [0.2, 0.25) is 0 Å². The molecular formula is C17H18INO2. The summed E-state index contributed by atoms with van der Waals surface area (Å²) >= 11 is 2.21. The molecule has 21 heavy (non-hydrogen) atoms. The number of para-hydroxylation sites is 1. The molecule has 0 heterocycles. The summed E-state index contributed by atoms with van der Waals surface area (Å²) in [7, 11) is 1.80. The van der Waals surface area contributed by atoms with Gasteiger partial charge in [0.15, 0.2) is 0 Å². The molecule has 110 valence electrons. The topological polar surface area (TPSA) is 29.5 Å². The van der Waals surface area contributed by atoms with Crippen LogP contribution in [0.1, 0.15) is 15.9 Å². The van der Waals surface area contributed by atoms with Crippen LogP contribution in [0, 0.1) is 10.5 Å². The van der Waals surface area contributed by atoms with Crippen molar-refractivity contribution in [1.29, 1.82) is 0 Å². The van der Waals surface area contributed by atoms with Crippen LogP contribution in [-0.2, 0) is 0 Å². The number of hydrogen-bond acceptors (Lipinski definition) is 2. The van der Waals surface area contributed by atoms with Crippen molar-refractivity contribution in [2.75, 3.05) is 20.2 Å². The average molecular weight is 395 g/mol. The van der Waals surface area contributed by atoms with Crippen LogP contribution in [0.25, 0.3) is 0 Å². The Morgan fingerprint density at radius 1 is 1.19 bits per heavy atom. The van der Waals surface area contributed by atoms with Gasteiger partial charge in [0.25, 0.3) is 5.91 Å². The van der Waals surface area contributed by atoms with Gasteiger partial charge in [-0.1, -0.05) is 24.3 Å². The maximum absolute atomic E-state index is 12.3. The number of halogens is 1. The summed E-state index contributed by atoms with van der Waals surface area (Å²) in [5, 5.41) is 0. The molecule has 0 bridgehead atoms. The number of hydrogen-bond donors (Lipinski definition) is 0. The molecule has 0 aliphatic carbocycles. The molecule has 0 saturated heterocycles. The van der Waals surface area contributed by atoms with Crippen LogP contribution in [0.3, 0.4) is 0 Å². The molecule has 0 N–H and O–H groups in total. The lowest BCUT2D eigenvalue weighted by molar-refractivity contribution is 0.0773. The molecule has 0 fully saturated rings. The van der Waals surface area contributed by atoms with Crippen molar-refractivity contribution in [3.05, 3.63) is 63.2 Å². The van der Waals surface area contributed by atoms with E-state index in [0.717, 1.165) is 14.9 Å². The predicted octanol–water partition coefficient (Wildman–Crippen LogP) is 3.75. The third-order valence-corrected chi connectivity index (χ3v) is 3.87. The minimum absolute atomic E-state index is 0.0156. The van der Waals surface area contributed by atoms with E-state index in [1.54, 1.807) is 11.9 Å². The monoisotopic (exact) mass is 395 g/mol. The molecular weight excluding hydrogens is 377 g/mol. The van der Waals surface area contributed by atoms with Crippen molar-refractivity contribution < 1.29 is 9.53 Å². The van der Waals surface area contributed by atoms with E-state index in [4.69, 9.17) is 4.74 Å². The zero-order valence-electron chi connectivity index (χ0n) is 12.2. The van der Waals surface area contributed by atoms with Crippen LogP contribution in [0.4, 0.5) is 0 Å². The van der Waals surface area contributed by atoms with Crippen molar-refractivity contribution in [3.8, 4) is 5.75 Å². The van der Waals surface area contributed by atoms with Gasteiger partial charge in [-0.05, 0) is 59.3 Å². The maximum Gasteiger partial charge on any atom is 0.253 e. The first kappa shape index (κ1) is 15.8. The highest BCUT2D eigenvalue weighted by molar-refractivity contribution is 14.1. The molecule has 0 spiro atoms. The number of nitrogens with zero attached hydrogens (tertiary/aromatic N) is 1. The average Bonchev–Trinajstić information content (AvgIpc) is 2.48. The number of carbonyl (C=O) groups is 1. The van der Waals surface area contributed by atoms with Gasteiger partial charge in [0.1, 0.15) is 12.4 Å². The fraction of sp³-hybridized carbons (Fsp3) is 0.235. The fourth-order valence-electron chi connectivity index (χ4n) is 1.95. The van der Waals surface area contributed by atoms with Crippen molar-refractivity contribution in [2.24, 2.45) is 0 Å². The first-order valence-corrected chi connectivity index (χ1v) is 7.85. The van der Waals surface area contributed by atoms with Gasteiger partial charge in [0.05, 0.1) is 6.54 Å². The van der Waals surface area contributed by atoms with Crippen LogP contribution in [0.5, 0.6) is 5.75 Å². The Morgan fingerprint density at radius 2 is 1.95 bits per heavy atom.